The maximum atomic E-state index is 11.2. The molecule has 0 aromatic heterocycles. The van der Waals surface area contributed by atoms with E-state index in [0.717, 1.165) is 33.2 Å². The molecule has 0 amide bonds. The maximum absolute atomic E-state index is 11.2. The summed E-state index contributed by atoms with van der Waals surface area (Å²) in [5, 5.41) is 31.4. The van der Waals surface area contributed by atoms with Gasteiger partial charge < -0.3 is 5.11 Å². The smallest absolute Gasteiger partial charge is 0.149 e. The van der Waals surface area contributed by atoms with Crippen molar-refractivity contribution in [3.63, 3.8) is 0 Å². The van der Waals surface area contributed by atoms with E-state index in [1.54, 1.807) is 12.1 Å². The number of hydrogen-bond donors (Lipinski definition) is 2. The Morgan fingerprint density at radius 2 is 1.61 bits per heavy atom. The number of allylic oxidation sites excluding steroid dienone is 1. The third kappa shape index (κ3) is 6.50. The third-order valence-corrected chi connectivity index (χ3v) is 6.82. The number of azo groups is 1. The lowest BCUT2D eigenvalue weighted by molar-refractivity contribution is 0.177. The molecule has 0 spiro atoms. The van der Waals surface area contributed by atoms with Crippen LogP contribution < -0.4 is 5.48 Å². The van der Waals surface area contributed by atoms with Crippen molar-refractivity contribution in [1.29, 1.82) is 5.26 Å². The van der Waals surface area contributed by atoms with Gasteiger partial charge >= 0.3 is 0 Å². The fraction of sp³-hybridized carbons (Fsp3) is 0.114. The average molecular weight is 539 g/mol. The van der Waals surface area contributed by atoms with Crippen molar-refractivity contribution in [2.45, 2.75) is 27.4 Å². The van der Waals surface area contributed by atoms with Gasteiger partial charge in [0.15, 0.2) is 0 Å². The van der Waals surface area contributed by atoms with E-state index in [2.05, 4.69) is 27.8 Å². The van der Waals surface area contributed by atoms with Crippen LogP contribution in [0.5, 0.6) is 5.75 Å². The standard InChI is InChI=1S/C35H30N4O2/c1-23-8-11-26(12-9-23)19-29(21-36)27-13-15-31(16-14-27)37-38-34-32-7-5-4-6-28(32)20-30(35(34)40)22-41-39-33-17-10-24(2)18-25(33)3/h4-20,39-40H,22H2,1-3H3/b29-19+,38-37?. The van der Waals surface area contributed by atoms with E-state index >= 15 is 0 Å². The van der Waals surface area contributed by atoms with Crippen molar-refractivity contribution in [3.05, 3.63) is 130 Å². The fourth-order valence-corrected chi connectivity index (χ4v) is 4.53. The van der Waals surface area contributed by atoms with E-state index in [1.165, 1.54) is 11.1 Å². The van der Waals surface area contributed by atoms with Crippen molar-refractivity contribution < 1.29 is 9.94 Å². The highest BCUT2D eigenvalue weighted by molar-refractivity contribution is 5.96. The first-order chi connectivity index (χ1) is 19.9. The molecule has 0 radical (unpaired) electrons. The Morgan fingerprint density at radius 3 is 2.34 bits per heavy atom. The minimum absolute atomic E-state index is 0.0132. The lowest BCUT2D eigenvalue weighted by Crippen LogP contribution is -2.03. The number of fused-ring (bicyclic) bond motifs is 1. The third-order valence-electron chi connectivity index (χ3n) is 6.82. The summed E-state index contributed by atoms with van der Waals surface area (Å²) in [6.45, 7) is 6.22. The number of nitriles is 1. The molecule has 6 heteroatoms. The highest BCUT2D eigenvalue weighted by atomic mass is 16.6. The van der Waals surface area contributed by atoms with Gasteiger partial charge in [-0.3, -0.25) is 10.3 Å². The fourth-order valence-electron chi connectivity index (χ4n) is 4.53. The summed E-state index contributed by atoms with van der Waals surface area (Å²) in [5.74, 6) is 0.0132. The van der Waals surface area contributed by atoms with E-state index in [0.29, 0.717) is 22.5 Å². The molecule has 0 fully saturated rings. The Balaban J connectivity index is 1.37. The van der Waals surface area contributed by atoms with Crippen LogP contribution in [0.2, 0.25) is 0 Å². The SMILES string of the molecule is Cc1ccc(/C=C(\C#N)c2ccc(N=Nc3c(O)c(CONc4ccc(C)cc4C)cc4ccccc34)cc2)cc1. The summed E-state index contributed by atoms with van der Waals surface area (Å²) in [4.78, 5) is 5.75. The van der Waals surface area contributed by atoms with Gasteiger partial charge in [-0.05, 0) is 73.2 Å². The van der Waals surface area contributed by atoms with E-state index in [4.69, 9.17) is 4.84 Å². The van der Waals surface area contributed by atoms with Gasteiger partial charge in [0, 0.05) is 10.9 Å². The summed E-state index contributed by atoms with van der Waals surface area (Å²) in [7, 11) is 0. The quantitative estimate of drug-likeness (QED) is 0.0891. The second-order valence-electron chi connectivity index (χ2n) is 9.99. The van der Waals surface area contributed by atoms with Crippen LogP contribution in [-0.4, -0.2) is 5.11 Å². The Labute approximate surface area is 239 Å². The number of nitrogens with one attached hydrogen (secondary N) is 1. The number of aryl methyl sites for hydroxylation is 3. The Hall–Kier alpha value is -5.25. The molecule has 0 unspecified atom stereocenters. The molecule has 0 saturated heterocycles. The van der Waals surface area contributed by atoms with E-state index in [-0.39, 0.29) is 12.4 Å². The molecule has 202 valence electrons. The number of nitrogens with zero attached hydrogens (tertiary/aromatic N) is 3. The summed E-state index contributed by atoms with van der Waals surface area (Å²) in [6, 6.07) is 33.3. The normalized spacial score (nSPS) is 11.6. The van der Waals surface area contributed by atoms with Crippen molar-refractivity contribution in [3.8, 4) is 11.8 Å². The molecule has 2 N–H and O–H groups in total. The number of benzene rings is 5. The number of hydrogen-bond acceptors (Lipinski definition) is 6. The van der Waals surface area contributed by atoms with Crippen LogP contribution in [-0.2, 0) is 11.4 Å². The highest BCUT2D eigenvalue weighted by Crippen LogP contribution is 2.39. The summed E-state index contributed by atoms with van der Waals surface area (Å²) in [5.41, 5.74) is 11.1. The minimum atomic E-state index is 0.0132. The van der Waals surface area contributed by atoms with Crippen LogP contribution >= 0.6 is 0 Å². The lowest BCUT2D eigenvalue weighted by atomic mass is 10.0. The molecule has 6 nitrogen and oxygen atoms in total. The molecule has 41 heavy (non-hydrogen) atoms. The first-order valence-electron chi connectivity index (χ1n) is 13.3. The zero-order valence-corrected chi connectivity index (χ0v) is 23.2. The second kappa shape index (κ2) is 12.3. The molecular formula is C35H30N4O2. The van der Waals surface area contributed by atoms with Crippen LogP contribution in [0.4, 0.5) is 17.1 Å². The largest absolute Gasteiger partial charge is 0.505 e. The van der Waals surface area contributed by atoms with Gasteiger partial charge in [-0.2, -0.15) is 10.4 Å². The molecule has 0 heterocycles. The topological polar surface area (TPSA) is 90.0 Å². The van der Waals surface area contributed by atoms with Crippen LogP contribution in [0, 0.1) is 32.1 Å². The van der Waals surface area contributed by atoms with E-state index < -0.39 is 0 Å². The summed E-state index contributed by atoms with van der Waals surface area (Å²) < 4.78 is 0. The predicted octanol–water partition coefficient (Wildman–Crippen LogP) is 9.49. The van der Waals surface area contributed by atoms with Gasteiger partial charge in [0.1, 0.15) is 18.0 Å². The molecule has 0 saturated carbocycles. The zero-order chi connectivity index (χ0) is 28.8. The second-order valence-corrected chi connectivity index (χ2v) is 9.99. The Morgan fingerprint density at radius 1 is 0.878 bits per heavy atom. The lowest BCUT2D eigenvalue weighted by Gasteiger charge is -2.13. The number of anilines is 1. The molecule has 5 aromatic carbocycles. The van der Waals surface area contributed by atoms with Crippen LogP contribution in [0.25, 0.3) is 22.4 Å². The average Bonchev–Trinajstić information content (AvgIpc) is 2.98. The molecule has 0 atom stereocenters. The molecule has 5 aromatic rings. The van der Waals surface area contributed by atoms with E-state index in [9.17, 15) is 10.4 Å². The summed E-state index contributed by atoms with van der Waals surface area (Å²) >= 11 is 0. The van der Waals surface area contributed by atoms with Gasteiger partial charge in [0.2, 0.25) is 0 Å². The minimum Gasteiger partial charge on any atom is -0.505 e. The van der Waals surface area contributed by atoms with Crippen molar-refractivity contribution >= 4 is 39.5 Å². The molecule has 0 aliphatic rings. The Bertz CT molecular complexity index is 1800. The monoisotopic (exact) mass is 538 g/mol. The van der Waals surface area contributed by atoms with Gasteiger partial charge in [0.05, 0.1) is 23.0 Å². The first-order valence-corrected chi connectivity index (χ1v) is 13.3. The number of phenolic OH excluding ortho intramolecular Hbond substituents is 1. The van der Waals surface area contributed by atoms with Crippen molar-refractivity contribution in [2.24, 2.45) is 10.2 Å². The van der Waals surface area contributed by atoms with Crippen molar-refractivity contribution in [2.75, 3.05) is 5.48 Å². The van der Waals surface area contributed by atoms with Gasteiger partial charge in [-0.15, -0.1) is 5.11 Å². The summed E-state index contributed by atoms with van der Waals surface area (Å²) in [6.07, 6.45) is 1.86. The number of phenols is 1. The number of aromatic hydroxyl groups is 1. The molecule has 0 aliphatic heterocycles. The molecular weight excluding hydrogens is 508 g/mol. The van der Waals surface area contributed by atoms with Crippen LogP contribution in [0.1, 0.15) is 33.4 Å². The maximum Gasteiger partial charge on any atom is 0.149 e. The number of rotatable bonds is 8. The van der Waals surface area contributed by atoms with Gasteiger partial charge in [0.25, 0.3) is 0 Å². The highest BCUT2D eigenvalue weighted by Gasteiger charge is 2.13. The molecule has 5 rings (SSSR count). The van der Waals surface area contributed by atoms with Crippen LogP contribution in [0.15, 0.2) is 107 Å². The molecule has 0 bridgehead atoms. The molecule has 0 aliphatic carbocycles. The van der Waals surface area contributed by atoms with Crippen molar-refractivity contribution in [1.82, 2.24) is 0 Å². The van der Waals surface area contributed by atoms with E-state index in [1.807, 2.05) is 106 Å². The first kappa shape index (κ1) is 27.3. The predicted molar refractivity (Wildman–Crippen MR) is 165 cm³/mol. The zero-order valence-electron chi connectivity index (χ0n) is 23.2. The van der Waals surface area contributed by atoms with Gasteiger partial charge in [-0.25, -0.2) is 0 Å². The van der Waals surface area contributed by atoms with Crippen LogP contribution in [0.3, 0.4) is 0 Å². The Kier molecular flexibility index (Phi) is 8.19. The van der Waals surface area contributed by atoms with Gasteiger partial charge in [-0.1, -0.05) is 83.9 Å².